The van der Waals surface area contributed by atoms with E-state index >= 15 is 0 Å². The fourth-order valence-electron chi connectivity index (χ4n) is 2.65. The molecule has 1 aromatic heterocycles. The van der Waals surface area contributed by atoms with E-state index in [1.807, 2.05) is 31.2 Å². The monoisotopic (exact) mass is 421 g/mol. The summed E-state index contributed by atoms with van der Waals surface area (Å²) in [5.74, 6) is 0.343. The Hall–Kier alpha value is -2.33. The first kappa shape index (κ1) is 20.4. The van der Waals surface area contributed by atoms with Gasteiger partial charge in [0, 0.05) is 31.9 Å². The van der Waals surface area contributed by atoms with Gasteiger partial charge in [-0.2, -0.15) is 0 Å². The first-order valence-electron chi connectivity index (χ1n) is 9.04. The maximum Gasteiger partial charge on any atom is 0.409 e. The van der Waals surface area contributed by atoms with Gasteiger partial charge >= 0.3 is 6.09 Å². The van der Waals surface area contributed by atoms with Crippen LogP contribution in [0.3, 0.4) is 0 Å². The summed E-state index contributed by atoms with van der Waals surface area (Å²) in [6.07, 6.45) is -0.313. The largest absolute Gasteiger partial charge is 0.450 e. The summed E-state index contributed by atoms with van der Waals surface area (Å²) in [6.45, 7) is 6.22. The molecule has 0 atom stereocenters. The molecule has 8 nitrogen and oxygen atoms in total. The van der Waals surface area contributed by atoms with Crippen LogP contribution in [-0.4, -0.2) is 70.5 Å². The van der Waals surface area contributed by atoms with E-state index in [0.717, 1.165) is 10.0 Å². The van der Waals surface area contributed by atoms with E-state index < -0.39 is 0 Å². The highest BCUT2D eigenvalue weighted by Crippen LogP contribution is 2.28. The zero-order chi connectivity index (χ0) is 19.9. The number of ether oxygens (including phenoxy) is 1. The summed E-state index contributed by atoms with van der Waals surface area (Å²) < 4.78 is 5.74. The molecule has 0 saturated carbocycles. The van der Waals surface area contributed by atoms with Crippen LogP contribution in [0.15, 0.2) is 28.6 Å². The zero-order valence-electron chi connectivity index (χ0n) is 15.9. The van der Waals surface area contributed by atoms with Gasteiger partial charge in [-0.1, -0.05) is 40.8 Å². The molecule has 2 heterocycles. The Morgan fingerprint density at radius 3 is 2.50 bits per heavy atom. The number of rotatable bonds is 6. The molecule has 1 aromatic carbocycles. The number of hydrogen-bond acceptors (Lipinski definition) is 8. The number of nitrogens with one attached hydrogen (secondary N) is 1. The van der Waals surface area contributed by atoms with Crippen LogP contribution in [0.5, 0.6) is 0 Å². The van der Waals surface area contributed by atoms with E-state index in [-0.39, 0.29) is 12.0 Å². The van der Waals surface area contributed by atoms with Crippen molar-refractivity contribution in [1.82, 2.24) is 20.0 Å². The molecular weight excluding hydrogens is 398 g/mol. The van der Waals surface area contributed by atoms with E-state index in [2.05, 4.69) is 15.5 Å². The second kappa shape index (κ2) is 9.74. The molecule has 1 N–H and O–H groups in total. The van der Waals surface area contributed by atoms with E-state index in [1.54, 1.807) is 16.7 Å². The SMILES string of the molecule is CCOC(=O)N1CCN(C(=O)CSc2nnc(Nc3ccc(C)cc3)s2)CC1. The minimum atomic E-state index is -0.313. The van der Waals surface area contributed by atoms with Crippen LogP contribution in [0.25, 0.3) is 0 Å². The molecule has 2 amide bonds. The summed E-state index contributed by atoms with van der Waals surface area (Å²) in [5.41, 5.74) is 2.15. The van der Waals surface area contributed by atoms with E-state index in [1.165, 1.54) is 28.7 Å². The quantitative estimate of drug-likeness (QED) is 0.718. The molecule has 0 unspecified atom stereocenters. The van der Waals surface area contributed by atoms with Gasteiger partial charge in [0.2, 0.25) is 11.0 Å². The van der Waals surface area contributed by atoms with Crippen LogP contribution in [-0.2, 0) is 9.53 Å². The van der Waals surface area contributed by atoms with Crippen LogP contribution in [0.2, 0.25) is 0 Å². The van der Waals surface area contributed by atoms with Gasteiger partial charge in [0.05, 0.1) is 12.4 Å². The van der Waals surface area contributed by atoms with Gasteiger partial charge < -0.3 is 19.9 Å². The summed E-state index contributed by atoms with van der Waals surface area (Å²) >= 11 is 2.80. The first-order valence-corrected chi connectivity index (χ1v) is 10.8. The number of anilines is 2. The lowest BCUT2D eigenvalue weighted by atomic mass is 10.2. The van der Waals surface area contributed by atoms with Gasteiger partial charge in [-0.15, -0.1) is 10.2 Å². The van der Waals surface area contributed by atoms with Crippen LogP contribution in [0.4, 0.5) is 15.6 Å². The molecule has 1 aliphatic rings. The Morgan fingerprint density at radius 2 is 1.82 bits per heavy atom. The summed E-state index contributed by atoms with van der Waals surface area (Å²) in [7, 11) is 0. The van der Waals surface area contributed by atoms with Crippen molar-refractivity contribution in [2.75, 3.05) is 43.9 Å². The number of aromatic nitrogens is 2. The van der Waals surface area contributed by atoms with Crippen molar-refractivity contribution in [2.45, 2.75) is 18.2 Å². The van der Waals surface area contributed by atoms with E-state index in [4.69, 9.17) is 4.74 Å². The molecule has 3 rings (SSSR count). The summed E-state index contributed by atoms with van der Waals surface area (Å²) in [6, 6.07) is 8.03. The standard InChI is InChI=1S/C18H23N5O3S2/c1-3-26-18(25)23-10-8-22(9-11-23)15(24)12-27-17-21-20-16(28-17)19-14-6-4-13(2)5-7-14/h4-7H,3,8-12H2,1-2H3,(H,19,20). The third kappa shape index (κ3) is 5.59. The minimum Gasteiger partial charge on any atom is -0.450 e. The Morgan fingerprint density at radius 1 is 1.14 bits per heavy atom. The number of carbonyl (C=O) groups excluding carboxylic acids is 2. The fraction of sp³-hybridized carbons (Fsp3) is 0.444. The van der Waals surface area contributed by atoms with Crippen molar-refractivity contribution in [1.29, 1.82) is 0 Å². The normalized spacial score (nSPS) is 14.1. The minimum absolute atomic E-state index is 0.0387. The maximum absolute atomic E-state index is 12.4. The second-order valence-corrected chi connectivity index (χ2v) is 8.42. The average Bonchev–Trinajstić information content (AvgIpc) is 3.15. The number of aryl methyl sites for hydroxylation is 1. The van der Waals surface area contributed by atoms with Crippen LogP contribution < -0.4 is 5.32 Å². The lowest BCUT2D eigenvalue weighted by Gasteiger charge is -2.33. The fourth-order valence-corrected chi connectivity index (χ4v) is 4.32. The Balaban J connectivity index is 1.43. The van der Waals surface area contributed by atoms with Crippen molar-refractivity contribution in [2.24, 2.45) is 0 Å². The van der Waals surface area contributed by atoms with E-state index in [9.17, 15) is 9.59 Å². The molecular formula is C18H23N5O3S2. The van der Waals surface area contributed by atoms with E-state index in [0.29, 0.717) is 43.7 Å². The molecule has 1 aliphatic heterocycles. The van der Waals surface area contributed by atoms with Crippen molar-refractivity contribution in [3.63, 3.8) is 0 Å². The summed E-state index contributed by atoms with van der Waals surface area (Å²) in [5, 5.41) is 12.2. The Kier molecular flexibility index (Phi) is 7.10. The van der Waals surface area contributed by atoms with Gasteiger partial charge in [-0.3, -0.25) is 4.79 Å². The molecule has 28 heavy (non-hydrogen) atoms. The van der Waals surface area contributed by atoms with Crippen LogP contribution in [0.1, 0.15) is 12.5 Å². The van der Waals surface area contributed by atoms with Crippen molar-refractivity contribution < 1.29 is 14.3 Å². The Labute approximate surface area is 172 Å². The molecule has 0 bridgehead atoms. The Bertz CT molecular complexity index is 804. The molecule has 10 heteroatoms. The van der Waals surface area contributed by atoms with Gasteiger partial charge in [-0.25, -0.2) is 4.79 Å². The predicted molar refractivity (Wildman–Crippen MR) is 110 cm³/mol. The molecule has 1 fully saturated rings. The summed E-state index contributed by atoms with van der Waals surface area (Å²) in [4.78, 5) is 27.5. The van der Waals surface area contributed by atoms with Crippen LogP contribution >= 0.6 is 23.1 Å². The van der Waals surface area contributed by atoms with Crippen molar-refractivity contribution in [3.05, 3.63) is 29.8 Å². The lowest BCUT2D eigenvalue weighted by molar-refractivity contribution is -0.129. The van der Waals surface area contributed by atoms with Gasteiger partial charge in [-0.05, 0) is 26.0 Å². The number of nitrogens with zero attached hydrogens (tertiary/aromatic N) is 4. The molecule has 1 saturated heterocycles. The number of piperazine rings is 1. The number of thioether (sulfide) groups is 1. The molecule has 0 aliphatic carbocycles. The molecule has 150 valence electrons. The molecule has 0 radical (unpaired) electrons. The number of hydrogen-bond donors (Lipinski definition) is 1. The van der Waals surface area contributed by atoms with Gasteiger partial charge in [0.25, 0.3) is 0 Å². The third-order valence-corrected chi connectivity index (χ3v) is 6.14. The van der Waals surface area contributed by atoms with Crippen molar-refractivity contribution in [3.8, 4) is 0 Å². The third-order valence-electron chi connectivity index (χ3n) is 4.19. The maximum atomic E-state index is 12.4. The number of amides is 2. The van der Waals surface area contributed by atoms with Gasteiger partial charge in [0.15, 0.2) is 4.34 Å². The molecule has 0 spiro atoms. The first-order chi connectivity index (χ1) is 13.5. The number of carbonyl (C=O) groups is 2. The average molecular weight is 422 g/mol. The number of benzene rings is 1. The second-order valence-electron chi connectivity index (χ2n) is 6.22. The van der Waals surface area contributed by atoms with Crippen LogP contribution in [0, 0.1) is 6.92 Å². The van der Waals surface area contributed by atoms with Crippen molar-refractivity contribution >= 4 is 45.9 Å². The molecule has 2 aromatic rings. The topological polar surface area (TPSA) is 87.7 Å². The van der Waals surface area contributed by atoms with Gasteiger partial charge in [0.1, 0.15) is 0 Å². The highest BCUT2D eigenvalue weighted by Gasteiger charge is 2.25. The predicted octanol–water partition coefficient (Wildman–Crippen LogP) is 2.98. The highest BCUT2D eigenvalue weighted by atomic mass is 32.2. The smallest absolute Gasteiger partial charge is 0.409 e. The zero-order valence-corrected chi connectivity index (χ0v) is 17.5. The lowest BCUT2D eigenvalue weighted by Crippen LogP contribution is -2.51. The highest BCUT2D eigenvalue weighted by molar-refractivity contribution is 8.01.